The van der Waals surface area contributed by atoms with Gasteiger partial charge < -0.3 is 15.0 Å². The van der Waals surface area contributed by atoms with Gasteiger partial charge in [0.25, 0.3) is 5.56 Å². The van der Waals surface area contributed by atoms with Crippen molar-refractivity contribution in [2.24, 2.45) is 0 Å². The third-order valence-corrected chi connectivity index (χ3v) is 5.19. The van der Waals surface area contributed by atoms with Crippen molar-refractivity contribution in [1.29, 1.82) is 0 Å². The summed E-state index contributed by atoms with van der Waals surface area (Å²) >= 11 is 0. The Hall–Kier alpha value is -2.32. The average Bonchev–Trinajstić information content (AvgIpc) is 3.10. The molecule has 0 bridgehead atoms. The maximum Gasteiger partial charge on any atom is 0.254 e. The number of fused-ring (bicyclic) bond motifs is 1. The molecule has 1 saturated heterocycles. The molecule has 8 nitrogen and oxygen atoms in total. The third kappa shape index (κ3) is 4.51. The van der Waals surface area contributed by atoms with E-state index < -0.39 is 0 Å². The van der Waals surface area contributed by atoms with Crippen molar-refractivity contribution in [3.05, 3.63) is 45.4 Å². The van der Waals surface area contributed by atoms with Crippen molar-refractivity contribution in [2.45, 2.75) is 45.3 Å². The first-order valence-corrected chi connectivity index (χ1v) is 9.65. The Bertz CT molecular complexity index is 829. The van der Waals surface area contributed by atoms with Crippen LogP contribution in [-0.2, 0) is 24.1 Å². The summed E-state index contributed by atoms with van der Waals surface area (Å²) in [5, 5.41) is 3.24. The molecule has 1 atom stereocenters. The number of aromatic nitrogens is 4. The molecule has 0 aliphatic carbocycles. The lowest BCUT2D eigenvalue weighted by molar-refractivity contribution is 0.120. The summed E-state index contributed by atoms with van der Waals surface area (Å²) in [6.07, 6.45) is 7.76. The van der Waals surface area contributed by atoms with Crippen molar-refractivity contribution in [2.75, 3.05) is 31.6 Å². The average molecular weight is 370 g/mol. The number of aryl methyl sites for hydroxylation is 1. The summed E-state index contributed by atoms with van der Waals surface area (Å²) in [7, 11) is 0. The van der Waals surface area contributed by atoms with Crippen LogP contribution in [0.2, 0.25) is 0 Å². The molecule has 4 heterocycles. The second kappa shape index (κ2) is 8.14. The van der Waals surface area contributed by atoms with Crippen LogP contribution in [0.4, 0.5) is 5.95 Å². The molecule has 27 heavy (non-hydrogen) atoms. The van der Waals surface area contributed by atoms with Gasteiger partial charge in [0, 0.05) is 62.7 Å². The lowest BCUT2D eigenvalue weighted by Crippen LogP contribution is -2.26. The molecule has 144 valence electrons. The number of anilines is 1. The van der Waals surface area contributed by atoms with E-state index in [-0.39, 0.29) is 11.7 Å². The molecular formula is C19H26N6O2. The van der Waals surface area contributed by atoms with E-state index in [4.69, 9.17) is 4.74 Å². The zero-order valence-corrected chi connectivity index (χ0v) is 15.7. The summed E-state index contributed by atoms with van der Waals surface area (Å²) < 4.78 is 5.60. The number of H-pyrrole nitrogens is 1. The Balaban J connectivity index is 1.33. The molecule has 0 aromatic carbocycles. The quantitative estimate of drug-likeness (QED) is 0.812. The van der Waals surface area contributed by atoms with Crippen LogP contribution >= 0.6 is 0 Å². The number of hydrogen-bond acceptors (Lipinski definition) is 7. The first-order valence-electron chi connectivity index (χ1n) is 9.65. The van der Waals surface area contributed by atoms with E-state index in [1.165, 1.54) is 0 Å². The Labute approximate surface area is 158 Å². The smallest absolute Gasteiger partial charge is 0.254 e. The zero-order chi connectivity index (χ0) is 18.6. The fourth-order valence-corrected chi connectivity index (χ4v) is 3.73. The first-order chi connectivity index (χ1) is 13.2. The third-order valence-electron chi connectivity index (χ3n) is 5.19. The lowest BCUT2D eigenvalue weighted by atomic mass is 10.1. The minimum Gasteiger partial charge on any atom is -0.376 e. The highest BCUT2D eigenvalue weighted by Crippen LogP contribution is 2.14. The molecule has 8 heteroatoms. The lowest BCUT2D eigenvalue weighted by Gasteiger charge is -2.19. The molecule has 0 saturated carbocycles. The van der Waals surface area contributed by atoms with Crippen LogP contribution in [0, 0.1) is 6.92 Å². The minimum absolute atomic E-state index is 0.00403. The van der Waals surface area contributed by atoms with E-state index in [9.17, 15) is 4.79 Å². The van der Waals surface area contributed by atoms with Gasteiger partial charge in [-0.1, -0.05) is 0 Å². The van der Waals surface area contributed by atoms with Crippen molar-refractivity contribution < 1.29 is 4.74 Å². The monoisotopic (exact) mass is 370 g/mol. The summed E-state index contributed by atoms with van der Waals surface area (Å²) in [6, 6.07) is 0. The van der Waals surface area contributed by atoms with Crippen LogP contribution in [-0.4, -0.2) is 57.2 Å². The van der Waals surface area contributed by atoms with Gasteiger partial charge >= 0.3 is 0 Å². The van der Waals surface area contributed by atoms with Crippen LogP contribution in [0.25, 0.3) is 0 Å². The Morgan fingerprint density at radius 1 is 1.30 bits per heavy atom. The molecule has 0 amide bonds. The number of rotatable bonds is 5. The molecule has 2 aliphatic heterocycles. The van der Waals surface area contributed by atoms with Gasteiger partial charge in [0.15, 0.2) is 0 Å². The molecule has 2 aliphatic rings. The van der Waals surface area contributed by atoms with E-state index in [2.05, 4.69) is 30.2 Å². The molecule has 2 N–H and O–H groups in total. The highest BCUT2D eigenvalue weighted by molar-refractivity contribution is 5.25. The molecule has 4 rings (SSSR count). The van der Waals surface area contributed by atoms with Gasteiger partial charge in [-0.25, -0.2) is 15.0 Å². The highest BCUT2D eigenvalue weighted by atomic mass is 16.5. The molecular weight excluding hydrogens is 344 g/mol. The summed E-state index contributed by atoms with van der Waals surface area (Å²) in [4.78, 5) is 30.6. The van der Waals surface area contributed by atoms with Crippen LogP contribution < -0.4 is 10.9 Å². The van der Waals surface area contributed by atoms with Gasteiger partial charge in [0.05, 0.1) is 11.8 Å². The highest BCUT2D eigenvalue weighted by Gasteiger charge is 2.19. The van der Waals surface area contributed by atoms with Gasteiger partial charge in [-0.05, 0) is 26.2 Å². The van der Waals surface area contributed by atoms with E-state index >= 15 is 0 Å². The predicted molar refractivity (Wildman–Crippen MR) is 102 cm³/mol. The summed E-state index contributed by atoms with van der Waals surface area (Å²) in [6.45, 7) is 5.92. The molecule has 0 spiro atoms. The second-order valence-electron chi connectivity index (χ2n) is 7.28. The van der Waals surface area contributed by atoms with E-state index in [0.717, 1.165) is 75.3 Å². The Morgan fingerprint density at radius 3 is 2.89 bits per heavy atom. The molecule has 1 fully saturated rings. The summed E-state index contributed by atoms with van der Waals surface area (Å²) in [5.74, 6) is 1.33. The molecule has 2 aromatic heterocycles. The number of aromatic amines is 1. The van der Waals surface area contributed by atoms with Gasteiger partial charge in [0.1, 0.15) is 5.82 Å². The largest absolute Gasteiger partial charge is 0.376 e. The fourth-order valence-electron chi connectivity index (χ4n) is 3.73. The minimum atomic E-state index is 0.00403. The number of nitrogens with zero attached hydrogens (tertiary/aromatic N) is 4. The van der Waals surface area contributed by atoms with Crippen LogP contribution in [0.15, 0.2) is 17.2 Å². The second-order valence-corrected chi connectivity index (χ2v) is 7.28. The van der Waals surface area contributed by atoms with E-state index in [1.54, 1.807) is 0 Å². The molecule has 0 radical (unpaired) electrons. The number of hydrogen-bond donors (Lipinski definition) is 2. The maximum absolute atomic E-state index is 12.1. The van der Waals surface area contributed by atoms with Crippen molar-refractivity contribution in [3.63, 3.8) is 0 Å². The predicted octanol–water partition coefficient (Wildman–Crippen LogP) is 1.06. The van der Waals surface area contributed by atoms with Crippen molar-refractivity contribution in [3.8, 4) is 0 Å². The first kappa shape index (κ1) is 18.1. The topological polar surface area (TPSA) is 96.0 Å². The zero-order valence-electron chi connectivity index (χ0n) is 15.7. The van der Waals surface area contributed by atoms with E-state index in [0.29, 0.717) is 11.8 Å². The fraction of sp³-hybridized carbons (Fsp3) is 0.579. The van der Waals surface area contributed by atoms with Gasteiger partial charge in [-0.2, -0.15) is 0 Å². The summed E-state index contributed by atoms with van der Waals surface area (Å²) in [5.41, 5.74) is 2.84. The number of ether oxygens (including phenoxy) is 1. The van der Waals surface area contributed by atoms with Crippen LogP contribution in [0.3, 0.4) is 0 Å². The van der Waals surface area contributed by atoms with Crippen molar-refractivity contribution >= 4 is 5.95 Å². The Morgan fingerprint density at radius 2 is 2.11 bits per heavy atom. The SMILES string of the molecule is Cc1nc2c(c(=O)[nH]1)CCN(Cc1cnc(NCC3CCCO3)nc1)CC2. The van der Waals surface area contributed by atoms with Gasteiger partial charge in [-0.3, -0.25) is 9.69 Å². The molecule has 2 aromatic rings. The maximum atomic E-state index is 12.1. The molecule has 1 unspecified atom stereocenters. The Kier molecular flexibility index (Phi) is 5.45. The van der Waals surface area contributed by atoms with Gasteiger partial charge in [0.2, 0.25) is 5.95 Å². The van der Waals surface area contributed by atoms with E-state index in [1.807, 2.05) is 19.3 Å². The standard InChI is InChI=1S/C19H26N6O2/c1-13-23-17-5-7-25(6-4-16(17)18(26)24-13)12-14-9-20-19(21-10-14)22-11-15-3-2-8-27-15/h9-10,15H,2-8,11-12H2,1H3,(H,20,21,22)(H,23,24,26). The van der Waals surface area contributed by atoms with Crippen LogP contribution in [0.5, 0.6) is 0 Å². The number of nitrogens with one attached hydrogen (secondary N) is 2. The van der Waals surface area contributed by atoms with Gasteiger partial charge in [-0.15, -0.1) is 0 Å². The normalized spacial score (nSPS) is 20.3. The van der Waals surface area contributed by atoms with Crippen LogP contribution in [0.1, 0.15) is 35.5 Å². The van der Waals surface area contributed by atoms with Crippen molar-refractivity contribution in [1.82, 2.24) is 24.8 Å².